The van der Waals surface area contributed by atoms with E-state index in [9.17, 15) is 5.11 Å². The molecule has 0 heterocycles. The van der Waals surface area contributed by atoms with Gasteiger partial charge in [-0.3, -0.25) is 0 Å². The molecule has 0 aliphatic heterocycles. The van der Waals surface area contributed by atoms with E-state index < -0.39 is 0 Å². The summed E-state index contributed by atoms with van der Waals surface area (Å²) in [5, 5.41) is 10.5. The minimum absolute atomic E-state index is 0.350. The van der Waals surface area contributed by atoms with Crippen molar-refractivity contribution in [2.75, 3.05) is 18.6 Å². The van der Waals surface area contributed by atoms with Crippen molar-refractivity contribution in [3.05, 3.63) is 28.8 Å². The van der Waals surface area contributed by atoms with Gasteiger partial charge in [0.05, 0.1) is 13.2 Å². The first kappa shape index (κ1) is 13.7. The number of hydrogen-bond donors (Lipinski definition) is 1. The Bertz CT molecular complexity index is 331. The van der Waals surface area contributed by atoms with Crippen LogP contribution < -0.4 is 4.74 Å². The van der Waals surface area contributed by atoms with Gasteiger partial charge >= 0.3 is 0 Å². The quantitative estimate of drug-likeness (QED) is 0.853. The lowest BCUT2D eigenvalue weighted by Crippen LogP contribution is -2.14. The lowest BCUT2D eigenvalue weighted by Gasteiger charge is -2.13. The van der Waals surface area contributed by atoms with E-state index >= 15 is 0 Å². The number of methoxy groups -OCH3 is 1. The van der Waals surface area contributed by atoms with Crippen LogP contribution >= 0.6 is 23.4 Å². The number of aliphatic hydroxyl groups is 1. The number of benzene rings is 1. The molecule has 16 heavy (non-hydrogen) atoms. The minimum atomic E-state index is -0.350. The zero-order valence-corrected chi connectivity index (χ0v) is 11.1. The predicted octanol–water partition coefficient (Wildman–Crippen LogP) is 3.01. The summed E-state index contributed by atoms with van der Waals surface area (Å²) < 4.78 is 5.23. The number of ether oxygens (including phenoxy) is 1. The fraction of sp³-hybridized carbons (Fsp3) is 0.500. The molecule has 0 radical (unpaired) electrons. The van der Waals surface area contributed by atoms with Gasteiger partial charge in [-0.1, -0.05) is 18.5 Å². The van der Waals surface area contributed by atoms with Crippen molar-refractivity contribution in [2.24, 2.45) is 0 Å². The van der Waals surface area contributed by atoms with Gasteiger partial charge in [-0.2, -0.15) is 11.8 Å². The molecule has 0 aromatic heterocycles. The summed E-state index contributed by atoms with van der Waals surface area (Å²) in [4.78, 5) is 0. The summed E-state index contributed by atoms with van der Waals surface area (Å²) >= 11 is 7.65. The first-order valence-corrected chi connectivity index (χ1v) is 6.78. The Kier molecular flexibility index (Phi) is 6.03. The van der Waals surface area contributed by atoms with Gasteiger partial charge in [0, 0.05) is 17.2 Å². The highest BCUT2D eigenvalue weighted by molar-refractivity contribution is 7.99. The van der Waals surface area contributed by atoms with Crippen molar-refractivity contribution in [3.63, 3.8) is 0 Å². The van der Waals surface area contributed by atoms with E-state index in [1.54, 1.807) is 24.9 Å². The molecule has 0 saturated heterocycles. The molecule has 0 fully saturated rings. The van der Waals surface area contributed by atoms with E-state index in [2.05, 4.69) is 6.92 Å². The molecule has 0 bridgehead atoms. The molecule has 2 nitrogen and oxygen atoms in total. The Morgan fingerprint density at radius 1 is 1.50 bits per heavy atom. The summed E-state index contributed by atoms with van der Waals surface area (Å²) in [6.07, 6.45) is 0.230. The fourth-order valence-corrected chi connectivity index (χ4v) is 2.29. The van der Waals surface area contributed by atoms with Crippen LogP contribution in [0.25, 0.3) is 0 Å². The van der Waals surface area contributed by atoms with E-state index in [-0.39, 0.29) is 6.10 Å². The molecular weight excluding hydrogens is 244 g/mol. The van der Waals surface area contributed by atoms with Gasteiger partial charge in [-0.05, 0) is 29.5 Å². The zero-order valence-electron chi connectivity index (χ0n) is 9.57. The highest BCUT2D eigenvalue weighted by atomic mass is 35.5. The van der Waals surface area contributed by atoms with E-state index in [1.807, 2.05) is 12.1 Å². The second kappa shape index (κ2) is 7.05. The third-order valence-corrected chi connectivity index (χ3v) is 3.48. The number of aliphatic hydroxyl groups excluding tert-OH is 1. The van der Waals surface area contributed by atoms with Crippen molar-refractivity contribution >= 4 is 23.4 Å². The molecule has 1 atom stereocenters. The van der Waals surface area contributed by atoms with Crippen molar-refractivity contribution in [1.82, 2.24) is 0 Å². The van der Waals surface area contributed by atoms with Crippen LogP contribution in [0.5, 0.6) is 5.75 Å². The number of hydrogen-bond acceptors (Lipinski definition) is 3. The van der Waals surface area contributed by atoms with E-state index in [1.165, 1.54) is 0 Å². The second-order valence-electron chi connectivity index (χ2n) is 3.47. The molecule has 0 aliphatic carbocycles. The molecule has 1 aromatic rings. The van der Waals surface area contributed by atoms with Gasteiger partial charge in [-0.15, -0.1) is 0 Å². The van der Waals surface area contributed by atoms with Gasteiger partial charge in [0.25, 0.3) is 0 Å². The van der Waals surface area contributed by atoms with Gasteiger partial charge in [0.2, 0.25) is 0 Å². The standard InChI is InChI=1S/C12H17ClO2S/c1-3-16-8-11(14)7-9-6-10(13)4-5-12(9)15-2/h4-6,11,14H,3,7-8H2,1-2H3. The number of thioether (sulfide) groups is 1. The fourth-order valence-electron chi connectivity index (χ4n) is 1.47. The van der Waals surface area contributed by atoms with Crippen LogP contribution in [-0.4, -0.2) is 29.8 Å². The van der Waals surface area contributed by atoms with Crippen LogP contribution in [0.4, 0.5) is 0 Å². The predicted molar refractivity (Wildman–Crippen MR) is 70.7 cm³/mol. The van der Waals surface area contributed by atoms with E-state index in [0.29, 0.717) is 11.4 Å². The molecule has 1 unspecified atom stereocenters. The molecule has 1 aromatic carbocycles. The monoisotopic (exact) mass is 260 g/mol. The lowest BCUT2D eigenvalue weighted by atomic mass is 10.1. The maximum absolute atomic E-state index is 9.83. The van der Waals surface area contributed by atoms with Crippen LogP contribution in [0, 0.1) is 0 Å². The molecular formula is C12H17ClO2S. The Labute approximate surface area is 106 Å². The average Bonchev–Trinajstić information content (AvgIpc) is 2.27. The van der Waals surface area contributed by atoms with Crippen molar-refractivity contribution in [2.45, 2.75) is 19.4 Å². The largest absolute Gasteiger partial charge is 0.496 e. The molecule has 1 rings (SSSR count). The summed E-state index contributed by atoms with van der Waals surface area (Å²) in [5.41, 5.74) is 0.958. The van der Waals surface area contributed by atoms with Crippen molar-refractivity contribution < 1.29 is 9.84 Å². The van der Waals surface area contributed by atoms with Crippen LogP contribution in [0.15, 0.2) is 18.2 Å². The molecule has 0 aliphatic rings. The normalized spacial score (nSPS) is 12.5. The minimum Gasteiger partial charge on any atom is -0.496 e. The molecule has 4 heteroatoms. The average molecular weight is 261 g/mol. The van der Waals surface area contributed by atoms with Gasteiger partial charge in [-0.25, -0.2) is 0 Å². The Morgan fingerprint density at radius 2 is 2.25 bits per heavy atom. The number of rotatable bonds is 6. The van der Waals surface area contributed by atoms with Crippen LogP contribution in [0.1, 0.15) is 12.5 Å². The smallest absolute Gasteiger partial charge is 0.122 e. The second-order valence-corrected chi connectivity index (χ2v) is 5.23. The Hall–Kier alpha value is -0.380. The highest BCUT2D eigenvalue weighted by Gasteiger charge is 2.10. The topological polar surface area (TPSA) is 29.5 Å². The van der Waals surface area contributed by atoms with Gasteiger partial charge in [0.15, 0.2) is 0 Å². The lowest BCUT2D eigenvalue weighted by molar-refractivity contribution is 0.199. The first-order valence-electron chi connectivity index (χ1n) is 5.25. The van der Waals surface area contributed by atoms with Crippen LogP contribution in [-0.2, 0) is 6.42 Å². The maximum atomic E-state index is 9.83. The highest BCUT2D eigenvalue weighted by Crippen LogP contribution is 2.24. The molecule has 90 valence electrons. The molecule has 0 amide bonds. The van der Waals surface area contributed by atoms with Crippen LogP contribution in [0.2, 0.25) is 5.02 Å². The summed E-state index contributed by atoms with van der Waals surface area (Å²) in [6.45, 7) is 2.08. The summed E-state index contributed by atoms with van der Waals surface area (Å²) in [6, 6.07) is 5.47. The van der Waals surface area contributed by atoms with Gasteiger partial charge < -0.3 is 9.84 Å². The summed E-state index contributed by atoms with van der Waals surface area (Å²) in [7, 11) is 1.62. The van der Waals surface area contributed by atoms with E-state index in [0.717, 1.165) is 22.8 Å². The van der Waals surface area contributed by atoms with Crippen LogP contribution in [0.3, 0.4) is 0 Å². The molecule has 0 spiro atoms. The van der Waals surface area contributed by atoms with Gasteiger partial charge in [0.1, 0.15) is 5.75 Å². The maximum Gasteiger partial charge on any atom is 0.122 e. The SMILES string of the molecule is CCSCC(O)Cc1cc(Cl)ccc1OC. The third-order valence-electron chi connectivity index (χ3n) is 2.21. The first-order chi connectivity index (χ1) is 7.67. The number of halogens is 1. The zero-order chi connectivity index (χ0) is 12.0. The third kappa shape index (κ3) is 4.24. The Morgan fingerprint density at radius 3 is 2.88 bits per heavy atom. The molecule has 0 saturated carbocycles. The molecule has 1 N–H and O–H groups in total. The Balaban J connectivity index is 2.67. The van der Waals surface area contributed by atoms with Crippen molar-refractivity contribution in [1.29, 1.82) is 0 Å². The summed E-state index contributed by atoms with van der Waals surface area (Å²) in [5.74, 6) is 2.54. The van der Waals surface area contributed by atoms with E-state index in [4.69, 9.17) is 16.3 Å². The van der Waals surface area contributed by atoms with Crippen molar-refractivity contribution in [3.8, 4) is 5.75 Å².